The highest BCUT2D eigenvalue weighted by molar-refractivity contribution is 7.80. The van der Waals surface area contributed by atoms with Crippen molar-refractivity contribution < 1.29 is 14.3 Å². The third-order valence-electron chi connectivity index (χ3n) is 3.36. The summed E-state index contributed by atoms with van der Waals surface area (Å²) in [6.45, 7) is 0. The van der Waals surface area contributed by atoms with Crippen LogP contribution in [0.2, 0.25) is 0 Å². The van der Waals surface area contributed by atoms with Crippen LogP contribution in [0.25, 0.3) is 5.57 Å². The number of allylic oxidation sites excluding steroid dienone is 1. The molecule has 0 bridgehead atoms. The minimum Gasteiger partial charge on any atom is -0.497 e. The zero-order chi connectivity index (χ0) is 17.5. The number of carbonyl (C=O) groups is 1. The molecule has 0 aromatic heterocycles. The molecular formula is C18H18N2O3S. The number of benzene rings is 2. The fraction of sp³-hybridized carbons (Fsp3) is 0.111. The Bertz CT molecular complexity index is 753. The van der Waals surface area contributed by atoms with E-state index in [0.29, 0.717) is 22.6 Å². The Morgan fingerprint density at radius 2 is 1.42 bits per heavy atom. The molecule has 24 heavy (non-hydrogen) atoms. The Balaban J connectivity index is 2.38. The molecule has 0 saturated carbocycles. The van der Waals surface area contributed by atoms with Gasteiger partial charge in [0.1, 0.15) is 11.5 Å². The molecule has 0 aliphatic rings. The van der Waals surface area contributed by atoms with E-state index in [-0.39, 0.29) is 10.9 Å². The molecule has 6 heteroatoms. The number of ketones is 1. The van der Waals surface area contributed by atoms with Gasteiger partial charge in [-0.2, -0.15) is 0 Å². The zero-order valence-corrected chi connectivity index (χ0v) is 14.2. The summed E-state index contributed by atoms with van der Waals surface area (Å²) in [5.74, 6) is 1.23. The van der Waals surface area contributed by atoms with Gasteiger partial charge >= 0.3 is 0 Å². The molecule has 124 valence electrons. The lowest BCUT2D eigenvalue weighted by Crippen LogP contribution is -2.25. The van der Waals surface area contributed by atoms with Crippen molar-refractivity contribution in [3.8, 4) is 11.5 Å². The molecule has 0 aliphatic carbocycles. The van der Waals surface area contributed by atoms with Gasteiger partial charge in [0.15, 0.2) is 10.9 Å². The van der Waals surface area contributed by atoms with Gasteiger partial charge in [-0.1, -0.05) is 12.1 Å². The van der Waals surface area contributed by atoms with Gasteiger partial charge in [0, 0.05) is 17.3 Å². The van der Waals surface area contributed by atoms with E-state index in [0.717, 1.165) is 5.56 Å². The maximum absolute atomic E-state index is 12.8. The number of hydrogen-bond donors (Lipinski definition) is 2. The second kappa shape index (κ2) is 8.12. The van der Waals surface area contributed by atoms with Gasteiger partial charge in [-0.15, -0.1) is 0 Å². The Kier molecular flexibility index (Phi) is 5.92. The molecule has 0 heterocycles. The Hall–Kier alpha value is -2.86. The summed E-state index contributed by atoms with van der Waals surface area (Å²) in [7, 11) is 3.16. The first-order valence-corrected chi connectivity index (χ1v) is 7.55. The largest absolute Gasteiger partial charge is 0.497 e. The predicted octanol–water partition coefficient (Wildman–Crippen LogP) is 2.76. The number of nitrogens with one attached hydrogen (secondary N) is 1. The quantitative estimate of drug-likeness (QED) is 0.478. The first-order chi connectivity index (χ1) is 11.5. The average Bonchev–Trinajstić information content (AvgIpc) is 2.62. The number of hydrogen-bond acceptors (Lipinski definition) is 4. The number of rotatable bonds is 6. The van der Waals surface area contributed by atoms with Gasteiger partial charge in [-0.3, -0.25) is 4.79 Å². The number of thiocarbonyl (C=S) groups is 1. The van der Waals surface area contributed by atoms with Crippen LogP contribution in [0, 0.1) is 0 Å². The maximum atomic E-state index is 12.8. The minimum absolute atomic E-state index is 0.0866. The van der Waals surface area contributed by atoms with Crippen molar-refractivity contribution in [2.45, 2.75) is 0 Å². The average molecular weight is 342 g/mol. The fourth-order valence-electron chi connectivity index (χ4n) is 2.09. The molecule has 5 nitrogen and oxygen atoms in total. The maximum Gasteiger partial charge on any atom is 0.195 e. The Labute approximate surface area is 146 Å². The van der Waals surface area contributed by atoms with E-state index in [1.807, 2.05) is 0 Å². The molecule has 0 unspecified atom stereocenters. The molecule has 0 atom stereocenters. The normalized spacial score (nSPS) is 10.8. The highest BCUT2D eigenvalue weighted by Crippen LogP contribution is 2.23. The van der Waals surface area contributed by atoms with Crippen LogP contribution in [-0.2, 0) is 0 Å². The van der Waals surface area contributed by atoms with Crippen molar-refractivity contribution in [3.05, 3.63) is 65.9 Å². The van der Waals surface area contributed by atoms with E-state index in [1.165, 1.54) is 6.20 Å². The SMILES string of the molecule is COc1ccc(C(=O)/C(=C\NC(N)=S)c2ccc(OC)cc2)cc1. The van der Waals surface area contributed by atoms with E-state index in [1.54, 1.807) is 62.8 Å². The van der Waals surface area contributed by atoms with Gasteiger partial charge in [0.25, 0.3) is 0 Å². The van der Waals surface area contributed by atoms with Gasteiger partial charge in [-0.05, 0) is 54.2 Å². The molecule has 3 N–H and O–H groups in total. The van der Waals surface area contributed by atoms with Gasteiger partial charge < -0.3 is 20.5 Å². The zero-order valence-electron chi connectivity index (χ0n) is 13.4. The molecule has 0 spiro atoms. The summed E-state index contributed by atoms with van der Waals surface area (Å²) in [6, 6.07) is 14.1. The lowest BCUT2D eigenvalue weighted by atomic mass is 9.97. The van der Waals surface area contributed by atoms with Crippen LogP contribution in [-0.4, -0.2) is 25.1 Å². The van der Waals surface area contributed by atoms with Crippen molar-refractivity contribution in [2.24, 2.45) is 5.73 Å². The number of Topliss-reactive ketones (excluding diaryl/α,β-unsaturated/α-hetero) is 1. The predicted molar refractivity (Wildman–Crippen MR) is 98.2 cm³/mol. The van der Waals surface area contributed by atoms with E-state index in [2.05, 4.69) is 5.32 Å². The first kappa shape index (κ1) is 17.5. The van der Waals surface area contributed by atoms with Crippen LogP contribution >= 0.6 is 12.2 Å². The van der Waals surface area contributed by atoms with Crippen LogP contribution in [0.1, 0.15) is 15.9 Å². The van der Waals surface area contributed by atoms with E-state index < -0.39 is 0 Å². The van der Waals surface area contributed by atoms with Crippen molar-refractivity contribution in [2.75, 3.05) is 14.2 Å². The molecule has 0 aliphatic heterocycles. The minimum atomic E-state index is -0.161. The highest BCUT2D eigenvalue weighted by atomic mass is 32.1. The van der Waals surface area contributed by atoms with E-state index in [9.17, 15) is 4.79 Å². The highest BCUT2D eigenvalue weighted by Gasteiger charge is 2.15. The lowest BCUT2D eigenvalue weighted by molar-refractivity contribution is 0.105. The van der Waals surface area contributed by atoms with E-state index in [4.69, 9.17) is 27.4 Å². The summed E-state index contributed by atoms with van der Waals surface area (Å²) in [5, 5.41) is 2.80. The topological polar surface area (TPSA) is 73.6 Å². The molecule has 0 saturated heterocycles. The summed E-state index contributed by atoms with van der Waals surface area (Å²) < 4.78 is 10.3. The molecule has 2 aromatic carbocycles. The number of methoxy groups -OCH3 is 2. The smallest absolute Gasteiger partial charge is 0.195 e. The Morgan fingerprint density at radius 3 is 1.83 bits per heavy atom. The van der Waals surface area contributed by atoms with Crippen molar-refractivity contribution in [3.63, 3.8) is 0 Å². The second-order valence-electron chi connectivity index (χ2n) is 4.85. The summed E-state index contributed by atoms with van der Waals surface area (Å²) >= 11 is 4.81. The number of carbonyl (C=O) groups excluding carboxylic acids is 1. The molecule has 0 amide bonds. The lowest BCUT2D eigenvalue weighted by Gasteiger charge is -2.10. The van der Waals surface area contributed by atoms with Crippen LogP contribution in [0.5, 0.6) is 11.5 Å². The van der Waals surface area contributed by atoms with Crippen LogP contribution < -0.4 is 20.5 Å². The molecule has 0 fully saturated rings. The van der Waals surface area contributed by atoms with Gasteiger partial charge in [-0.25, -0.2) is 0 Å². The van der Waals surface area contributed by atoms with Crippen LogP contribution in [0.3, 0.4) is 0 Å². The summed E-state index contributed by atoms with van der Waals surface area (Å²) in [5.41, 5.74) is 7.16. The molecular weight excluding hydrogens is 324 g/mol. The fourth-order valence-corrected chi connectivity index (χ4v) is 2.15. The first-order valence-electron chi connectivity index (χ1n) is 7.14. The number of nitrogens with two attached hydrogens (primary N) is 1. The molecule has 2 aromatic rings. The summed E-state index contributed by atoms with van der Waals surface area (Å²) in [6.07, 6.45) is 1.51. The number of ether oxygens (including phenoxy) is 2. The second-order valence-corrected chi connectivity index (χ2v) is 5.29. The third kappa shape index (κ3) is 4.33. The standard InChI is InChI=1S/C18H18N2O3S/c1-22-14-7-3-12(4-8-14)16(11-20-18(19)24)17(21)13-5-9-15(23-2)10-6-13/h3-11H,1-2H3,(H3,19,20,24)/b16-11-. The molecule has 0 radical (unpaired) electrons. The monoisotopic (exact) mass is 342 g/mol. The van der Waals surface area contributed by atoms with Crippen molar-refractivity contribution >= 4 is 28.7 Å². The molecule has 2 rings (SSSR count). The summed E-state index contributed by atoms with van der Waals surface area (Å²) in [4.78, 5) is 12.8. The van der Waals surface area contributed by atoms with E-state index >= 15 is 0 Å². The van der Waals surface area contributed by atoms with Crippen LogP contribution in [0.15, 0.2) is 54.7 Å². The third-order valence-corrected chi connectivity index (χ3v) is 3.47. The van der Waals surface area contributed by atoms with Gasteiger partial charge in [0.2, 0.25) is 0 Å². The van der Waals surface area contributed by atoms with Crippen molar-refractivity contribution in [1.29, 1.82) is 0 Å². The van der Waals surface area contributed by atoms with Gasteiger partial charge in [0.05, 0.1) is 14.2 Å². The Morgan fingerprint density at radius 1 is 0.958 bits per heavy atom. The van der Waals surface area contributed by atoms with Crippen molar-refractivity contribution in [1.82, 2.24) is 5.32 Å². The van der Waals surface area contributed by atoms with Crippen LogP contribution in [0.4, 0.5) is 0 Å².